The molecular weight excluding hydrogens is 356 g/mol. The second-order valence-electron chi connectivity index (χ2n) is 7.76. The number of carbonyl (C=O) groups is 3. The van der Waals surface area contributed by atoms with Crippen molar-refractivity contribution in [2.75, 3.05) is 0 Å². The largest absolute Gasteiger partial charge is 0.480 e. The number of nitrogens with zero attached hydrogens (tertiary/aromatic N) is 1. The molecule has 1 fully saturated rings. The number of benzene rings is 1. The van der Waals surface area contributed by atoms with Crippen molar-refractivity contribution >= 4 is 18.2 Å². The van der Waals surface area contributed by atoms with Gasteiger partial charge in [-0.2, -0.15) is 0 Å². The number of rotatable bonds is 10. The molecule has 28 heavy (non-hydrogen) atoms. The fraction of sp³-hybridized carbons (Fsp3) is 0.591. The predicted octanol–water partition coefficient (Wildman–Crippen LogP) is 2.86. The summed E-state index contributed by atoms with van der Waals surface area (Å²) in [5.41, 5.74) is 0.995. The third-order valence-corrected chi connectivity index (χ3v) is 5.93. The first-order valence-corrected chi connectivity index (χ1v) is 10.2. The predicted molar refractivity (Wildman–Crippen MR) is 108 cm³/mol. The van der Waals surface area contributed by atoms with Gasteiger partial charge in [0.05, 0.1) is 0 Å². The minimum atomic E-state index is -0.922. The van der Waals surface area contributed by atoms with Crippen molar-refractivity contribution in [3.63, 3.8) is 0 Å². The highest BCUT2D eigenvalue weighted by molar-refractivity contribution is 5.76. The van der Waals surface area contributed by atoms with E-state index in [1.54, 1.807) is 0 Å². The number of nitrogens with one attached hydrogen (secondary N) is 1. The summed E-state index contributed by atoms with van der Waals surface area (Å²) in [7, 11) is 0. The van der Waals surface area contributed by atoms with Crippen LogP contribution in [0.4, 0.5) is 0 Å². The zero-order valence-electron chi connectivity index (χ0n) is 17.0. The molecule has 1 aromatic carbocycles. The number of aldehydes is 1. The molecule has 4 atom stereocenters. The van der Waals surface area contributed by atoms with Crippen LogP contribution in [-0.2, 0) is 20.9 Å². The summed E-state index contributed by atoms with van der Waals surface area (Å²) < 4.78 is 0. The topological polar surface area (TPSA) is 86.7 Å². The fourth-order valence-electron chi connectivity index (χ4n) is 4.43. The van der Waals surface area contributed by atoms with Gasteiger partial charge in [0, 0.05) is 31.5 Å². The highest BCUT2D eigenvalue weighted by Crippen LogP contribution is 2.35. The summed E-state index contributed by atoms with van der Waals surface area (Å²) in [5.74, 6) is -1.09. The van der Waals surface area contributed by atoms with Crippen molar-refractivity contribution in [1.29, 1.82) is 0 Å². The third-order valence-electron chi connectivity index (χ3n) is 5.93. The first-order valence-electron chi connectivity index (χ1n) is 10.2. The summed E-state index contributed by atoms with van der Waals surface area (Å²) in [4.78, 5) is 37.6. The molecule has 2 N–H and O–H groups in total. The quantitative estimate of drug-likeness (QED) is 0.602. The van der Waals surface area contributed by atoms with Crippen LogP contribution in [0.15, 0.2) is 30.3 Å². The maximum atomic E-state index is 11.9. The van der Waals surface area contributed by atoms with Gasteiger partial charge in [0.1, 0.15) is 12.3 Å². The van der Waals surface area contributed by atoms with Gasteiger partial charge in [-0.3, -0.25) is 14.5 Å². The monoisotopic (exact) mass is 388 g/mol. The number of carboxylic acid groups (broad SMARTS) is 1. The highest BCUT2D eigenvalue weighted by Gasteiger charge is 2.48. The lowest BCUT2D eigenvalue weighted by Gasteiger charge is -2.37. The van der Waals surface area contributed by atoms with Crippen LogP contribution in [-0.4, -0.2) is 46.3 Å². The van der Waals surface area contributed by atoms with E-state index < -0.39 is 17.9 Å². The maximum Gasteiger partial charge on any atom is 0.320 e. The Kier molecular flexibility index (Phi) is 8.18. The molecule has 1 aromatic rings. The first kappa shape index (κ1) is 22.1. The number of likely N-dealkylation sites (tertiary alicyclic amines) is 1. The molecule has 2 rings (SSSR count). The van der Waals surface area contributed by atoms with Crippen LogP contribution < -0.4 is 5.32 Å². The van der Waals surface area contributed by atoms with E-state index in [0.29, 0.717) is 12.5 Å². The van der Waals surface area contributed by atoms with Gasteiger partial charge in [-0.1, -0.05) is 57.0 Å². The Labute approximate surface area is 167 Å². The Balaban J connectivity index is 2.39. The molecule has 6 nitrogen and oxygen atoms in total. The second-order valence-corrected chi connectivity index (χ2v) is 7.76. The molecule has 0 aromatic heterocycles. The van der Waals surface area contributed by atoms with Crippen molar-refractivity contribution in [2.24, 2.45) is 11.8 Å². The SMILES string of the molecule is CCC(CC)C[C@H](NC(C)=O)[C@H]1[C@H](C=O)C[C@H](C(=O)O)N1Cc1ccccc1. The average molecular weight is 389 g/mol. The molecule has 154 valence electrons. The van der Waals surface area contributed by atoms with Crippen LogP contribution in [0.25, 0.3) is 0 Å². The smallest absolute Gasteiger partial charge is 0.320 e. The van der Waals surface area contributed by atoms with E-state index in [0.717, 1.165) is 31.1 Å². The van der Waals surface area contributed by atoms with Crippen LogP contribution in [0.1, 0.15) is 52.0 Å². The van der Waals surface area contributed by atoms with Gasteiger partial charge in [0.15, 0.2) is 0 Å². The molecule has 1 amide bonds. The lowest BCUT2D eigenvalue weighted by Crippen LogP contribution is -2.54. The molecule has 0 saturated carbocycles. The molecule has 1 aliphatic heterocycles. The van der Waals surface area contributed by atoms with E-state index in [1.165, 1.54) is 6.92 Å². The van der Waals surface area contributed by atoms with E-state index in [-0.39, 0.29) is 24.4 Å². The maximum absolute atomic E-state index is 11.9. The molecule has 0 spiro atoms. The van der Waals surface area contributed by atoms with Crippen molar-refractivity contribution in [1.82, 2.24) is 10.2 Å². The summed E-state index contributed by atoms with van der Waals surface area (Å²) >= 11 is 0. The van der Waals surface area contributed by atoms with Crippen molar-refractivity contribution in [2.45, 2.75) is 71.1 Å². The van der Waals surface area contributed by atoms with Gasteiger partial charge in [-0.15, -0.1) is 0 Å². The minimum Gasteiger partial charge on any atom is -0.480 e. The minimum absolute atomic E-state index is 0.154. The summed E-state index contributed by atoms with van der Waals surface area (Å²) in [6, 6.07) is 8.34. The van der Waals surface area contributed by atoms with E-state index in [1.807, 2.05) is 35.2 Å². The van der Waals surface area contributed by atoms with Crippen LogP contribution in [0.5, 0.6) is 0 Å². The summed E-state index contributed by atoms with van der Waals surface area (Å²) in [6.45, 7) is 6.14. The highest BCUT2D eigenvalue weighted by atomic mass is 16.4. The van der Waals surface area contributed by atoms with Gasteiger partial charge >= 0.3 is 5.97 Å². The zero-order chi connectivity index (χ0) is 20.7. The Hall–Kier alpha value is -2.21. The van der Waals surface area contributed by atoms with Crippen molar-refractivity contribution in [3.8, 4) is 0 Å². The third kappa shape index (κ3) is 5.41. The number of carboxylic acids is 1. The Morgan fingerprint density at radius 3 is 2.39 bits per heavy atom. The average Bonchev–Trinajstić information content (AvgIpc) is 3.04. The van der Waals surface area contributed by atoms with Gasteiger partial charge < -0.3 is 15.2 Å². The molecule has 0 aliphatic carbocycles. The summed E-state index contributed by atoms with van der Waals surface area (Å²) in [6.07, 6.45) is 3.83. The molecule has 1 heterocycles. The molecule has 0 radical (unpaired) electrons. The molecule has 0 unspecified atom stereocenters. The molecular formula is C22H32N2O4. The van der Waals surface area contributed by atoms with Crippen LogP contribution in [0.3, 0.4) is 0 Å². The molecule has 1 aliphatic rings. The van der Waals surface area contributed by atoms with Gasteiger partial charge in [0.25, 0.3) is 0 Å². The van der Waals surface area contributed by atoms with Crippen molar-refractivity contribution in [3.05, 3.63) is 35.9 Å². The van der Waals surface area contributed by atoms with E-state index in [9.17, 15) is 19.5 Å². The van der Waals surface area contributed by atoms with Gasteiger partial charge in [0.2, 0.25) is 5.91 Å². The Morgan fingerprint density at radius 1 is 1.25 bits per heavy atom. The number of hydrogen-bond acceptors (Lipinski definition) is 4. The van der Waals surface area contributed by atoms with E-state index >= 15 is 0 Å². The molecule has 1 saturated heterocycles. The zero-order valence-corrected chi connectivity index (χ0v) is 17.0. The van der Waals surface area contributed by atoms with Gasteiger partial charge in [-0.25, -0.2) is 0 Å². The summed E-state index contributed by atoms with van der Waals surface area (Å²) in [5, 5.41) is 12.8. The standard InChI is InChI=1S/C22H32N2O4/c1-4-16(5-2)11-19(23-15(3)26)21-18(14-25)12-20(22(27)28)24(21)13-17-9-7-6-8-10-17/h6-10,14,16,18-21H,4-5,11-13H2,1-3H3,(H,23,26)(H,27,28)/t18-,19-,20+,21+/m0/s1. The Bertz CT molecular complexity index is 660. The number of aliphatic carboxylic acids is 1. The molecule has 6 heteroatoms. The molecule has 0 bridgehead atoms. The van der Waals surface area contributed by atoms with E-state index in [2.05, 4.69) is 19.2 Å². The van der Waals surface area contributed by atoms with Crippen LogP contribution in [0, 0.1) is 11.8 Å². The number of carbonyl (C=O) groups excluding carboxylic acids is 2. The number of hydrogen-bond donors (Lipinski definition) is 2. The fourth-order valence-corrected chi connectivity index (χ4v) is 4.43. The second kappa shape index (κ2) is 10.4. The lowest BCUT2D eigenvalue weighted by molar-refractivity contribution is -0.143. The normalized spacial score (nSPS) is 23.5. The van der Waals surface area contributed by atoms with Crippen LogP contribution in [0.2, 0.25) is 0 Å². The Morgan fingerprint density at radius 2 is 1.89 bits per heavy atom. The first-order chi connectivity index (χ1) is 13.4. The van der Waals surface area contributed by atoms with Crippen molar-refractivity contribution < 1.29 is 19.5 Å². The van der Waals surface area contributed by atoms with E-state index in [4.69, 9.17) is 0 Å². The number of amides is 1. The lowest BCUT2D eigenvalue weighted by atomic mass is 9.86. The van der Waals surface area contributed by atoms with Crippen LogP contribution >= 0.6 is 0 Å². The van der Waals surface area contributed by atoms with Gasteiger partial charge in [-0.05, 0) is 24.3 Å².